The molecule has 0 amide bonds. The number of carboxylic acid groups (broad SMARTS) is 1. The fourth-order valence-electron chi connectivity index (χ4n) is 7.30. The summed E-state index contributed by atoms with van der Waals surface area (Å²) < 4.78 is 5.88. The molecule has 0 radical (unpaired) electrons. The predicted octanol–water partition coefficient (Wildman–Crippen LogP) is 6.03. The van der Waals surface area contributed by atoms with E-state index in [0.717, 1.165) is 34.3 Å². The average Bonchev–Trinajstić information content (AvgIpc) is 2.77. The van der Waals surface area contributed by atoms with Crippen LogP contribution < -0.4 is 4.74 Å². The molecule has 0 atom stereocenters. The molecule has 4 heteroatoms. The van der Waals surface area contributed by atoms with Gasteiger partial charge in [-0.1, -0.05) is 24.3 Å². The second-order valence-electron chi connectivity index (χ2n) is 10.2. The van der Waals surface area contributed by atoms with E-state index in [1.807, 2.05) is 12.1 Å². The number of ether oxygens (including phenoxy) is 1. The second kappa shape index (κ2) is 8.20. The van der Waals surface area contributed by atoms with Gasteiger partial charge in [0.15, 0.2) is 0 Å². The quantitative estimate of drug-likeness (QED) is 0.508. The fourth-order valence-corrected chi connectivity index (χ4v) is 7.30. The van der Waals surface area contributed by atoms with Crippen LogP contribution in [-0.4, -0.2) is 47.7 Å². The summed E-state index contributed by atoms with van der Waals surface area (Å²) in [5.74, 6) is 2.83. The summed E-state index contributed by atoms with van der Waals surface area (Å²) >= 11 is 0. The average molecular weight is 437 g/mol. The molecular formula is C28H29NaO3. The van der Waals surface area contributed by atoms with Crippen LogP contribution in [0.15, 0.2) is 54.6 Å². The van der Waals surface area contributed by atoms with Crippen LogP contribution in [0.25, 0.3) is 21.9 Å². The molecule has 32 heavy (non-hydrogen) atoms. The van der Waals surface area contributed by atoms with E-state index in [9.17, 15) is 9.90 Å². The van der Waals surface area contributed by atoms with Crippen LogP contribution in [0, 0.1) is 17.8 Å². The van der Waals surface area contributed by atoms with Crippen LogP contribution in [0.4, 0.5) is 0 Å². The van der Waals surface area contributed by atoms with Gasteiger partial charge >= 0.3 is 35.5 Å². The van der Waals surface area contributed by atoms with E-state index in [-0.39, 0.29) is 35.0 Å². The van der Waals surface area contributed by atoms with Gasteiger partial charge in [-0.2, -0.15) is 0 Å². The molecule has 4 aliphatic carbocycles. The van der Waals surface area contributed by atoms with Crippen LogP contribution in [-0.2, 0) is 5.41 Å². The van der Waals surface area contributed by atoms with Gasteiger partial charge in [0.2, 0.25) is 0 Å². The summed E-state index contributed by atoms with van der Waals surface area (Å²) in [5, 5.41) is 11.3. The Morgan fingerprint density at radius 2 is 1.41 bits per heavy atom. The van der Waals surface area contributed by atoms with Gasteiger partial charge in [0.1, 0.15) is 5.75 Å². The summed E-state index contributed by atoms with van der Waals surface area (Å²) in [6, 6.07) is 18.4. The predicted molar refractivity (Wildman–Crippen MR) is 130 cm³/mol. The third-order valence-corrected chi connectivity index (χ3v) is 8.23. The number of aromatic carboxylic acids is 1. The standard InChI is InChI=1S/C28H28O3.Na.H/c1-31-26-7-6-23(21-2-3-22-12-24(27(29)30)5-4-20(22)11-21)13-25(26)28-14-17-8-18(15-28)10-19(9-17)16-28;;/h2-7,11-13,17-19H,8-10,14-16H2,1H3,(H,29,30);;. The summed E-state index contributed by atoms with van der Waals surface area (Å²) in [4.78, 5) is 11.3. The van der Waals surface area contributed by atoms with Gasteiger partial charge in [-0.25, -0.2) is 4.79 Å². The Balaban J connectivity index is 0.00000216. The number of carbonyl (C=O) groups is 1. The van der Waals surface area contributed by atoms with E-state index in [4.69, 9.17) is 4.74 Å². The van der Waals surface area contributed by atoms with Crippen LogP contribution in [0.5, 0.6) is 5.75 Å². The molecule has 7 rings (SSSR count). The van der Waals surface area contributed by atoms with E-state index in [0.29, 0.717) is 5.56 Å². The van der Waals surface area contributed by atoms with Crippen molar-refractivity contribution < 1.29 is 14.6 Å². The molecule has 4 bridgehead atoms. The number of fused-ring (bicyclic) bond motifs is 1. The van der Waals surface area contributed by atoms with Crippen LogP contribution in [0.1, 0.15) is 54.4 Å². The number of methoxy groups -OCH3 is 1. The van der Waals surface area contributed by atoms with E-state index < -0.39 is 5.97 Å². The first-order valence-corrected chi connectivity index (χ1v) is 11.5. The molecule has 0 aromatic heterocycles. The summed E-state index contributed by atoms with van der Waals surface area (Å²) in [6.45, 7) is 0. The fraction of sp³-hybridized carbons (Fsp3) is 0.393. The van der Waals surface area contributed by atoms with Gasteiger partial charge in [-0.15, -0.1) is 0 Å². The van der Waals surface area contributed by atoms with Gasteiger partial charge in [-0.3, -0.25) is 0 Å². The first-order chi connectivity index (χ1) is 15.0. The van der Waals surface area contributed by atoms with Crippen molar-refractivity contribution >= 4 is 46.3 Å². The van der Waals surface area contributed by atoms with Crippen molar-refractivity contribution in [2.45, 2.75) is 43.9 Å². The first-order valence-electron chi connectivity index (χ1n) is 11.5. The molecule has 0 heterocycles. The van der Waals surface area contributed by atoms with E-state index in [1.54, 1.807) is 19.2 Å². The van der Waals surface area contributed by atoms with Crippen molar-refractivity contribution in [2.24, 2.45) is 17.8 Å². The third-order valence-electron chi connectivity index (χ3n) is 8.23. The minimum absolute atomic E-state index is 0. The molecule has 3 nitrogen and oxygen atoms in total. The maximum atomic E-state index is 11.3. The number of rotatable bonds is 4. The van der Waals surface area contributed by atoms with Crippen molar-refractivity contribution in [3.05, 3.63) is 65.7 Å². The third kappa shape index (κ3) is 3.59. The normalized spacial score (nSPS) is 27.8. The number of hydrogen-bond acceptors (Lipinski definition) is 2. The van der Waals surface area contributed by atoms with Crippen LogP contribution in [0.2, 0.25) is 0 Å². The summed E-state index contributed by atoms with van der Waals surface area (Å²) in [5.41, 5.74) is 4.41. The number of carboxylic acids is 1. The Kier molecular flexibility index (Phi) is 5.64. The Labute approximate surface area is 211 Å². The molecule has 160 valence electrons. The van der Waals surface area contributed by atoms with Crippen molar-refractivity contribution in [1.29, 1.82) is 0 Å². The summed E-state index contributed by atoms with van der Waals surface area (Å²) in [7, 11) is 1.80. The van der Waals surface area contributed by atoms with Crippen molar-refractivity contribution in [1.82, 2.24) is 0 Å². The van der Waals surface area contributed by atoms with Crippen molar-refractivity contribution in [2.75, 3.05) is 7.11 Å². The molecule has 4 fully saturated rings. The van der Waals surface area contributed by atoms with Gasteiger partial charge < -0.3 is 9.84 Å². The Hall–Kier alpha value is -1.81. The molecule has 4 saturated carbocycles. The van der Waals surface area contributed by atoms with Gasteiger partial charge in [0, 0.05) is 5.56 Å². The van der Waals surface area contributed by atoms with Gasteiger partial charge in [-0.05, 0) is 114 Å². The van der Waals surface area contributed by atoms with Crippen LogP contribution in [0.3, 0.4) is 0 Å². The zero-order valence-corrected chi connectivity index (χ0v) is 17.9. The van der Waals surface area contributed by atoms with E-state index >= 15 is 0 Å². The molecule has 0 unspecified atom stereocenters. The van der Waals surface area contributed by atoms with E-state index in [2.05, 4.69) is 30.3 Å². The molecular weight excluding hydrogens is 407 g/mol. The Bertz CT molecular complexity index is 1160. The van der Waals surface area contributed by atoms with Crippen molar-refractivity contribution in [3.63, 3.8) is 0 Å². The SMILES string of the molecule is COc1ccc(-c2ccc3cc(C(=O)O)ccc3c2)cc1C12CC3CC(CC(C3)C1)C2.[NaH]. The molecule has 0 spiro atoms. The van der Waals surface area contributed by atoms with Crippen molar-refractivity contribution in [3.8, 4) is 16.9 Å². The summed E-state index contributed by atoms with van der Waals surface area (Å²) in [6.07, 6.45) is 8.25. The molecule has 3 aromatic carbocycles. The number of benzene rings is 3. The Morgan fingerprint density at radius 3 is 2.03 bits per heavy atom. The number of hydrogen-bond donors (Lipinski definition) is 1. The van der Waals surface area contributed by atoms with E-state index in [1.165, 1.54) is 55.2 Å². The monoisotopic (exact) mass is 436 g/mol. The minimum atomic E-state index is -0.888. The van der Waals surface area contributed by atoms with Gasteiger partial charge in [0.05, 0.1) is 12.7 Å². The molecule has 0 aliphatic heterocycles. The zero-order chi connectivity index (χ0) is 21.2. The molecule has 4 aliphatic rings. The maximum absolute atomic E-state index is 11.3. The topological polar surface area (TPSA) is 46.5 Å². The molecule has 1 N–H and O–H groups in total. The molecule has 3 aromatic rings. The van der Waals surface area contributed by atoms with Gasteiger partial charge in [0.25, 0.3) is 0 Å². The molecule has 0 saturated heterocycles. The van der Waals surface area contributed by atoms with Crippen LogP contribution >= 0.6 is 0 Å². The zero-order valence-electron chi connectivity index (χ0n) is 17.9. The second-order valence-corrected chi connectivity index (χ2v) is 10.2. The Morgan fingerprint density at radius 1 is 0.844 bits per heavy atom. The first kappa shape index (κ1) is 22.0.